The predicted octanol–water partition coefficient (Wildman–Crippen LogP) is 2.95. The number of methoxy groups -OCH3 is 1. The van der Waals surface area contributed by atoms with Crippen molar-refractivity contribution >= 4 is 29.4 Å². The molecule has 2 aromatic carbocycles. The van der Waals surface area contributed by atoms with Gasteiger partial charge in [-0.1, -0.05) is 6.07 Å². The van der Waals surface area contributed by atoms with Gasteiger partial charge in [0.05, 0.1) is 18.2 Å². The Balaban J connectivity index is 1.56. The lowest BCUT2D eigenvalue weighted by Crippen LogP contribution is -2.32. The van der Waals surface area contributed by atoms with Crippen LogP contribution < -0.4 is 15.5 Å². The van der Waals surface area contributed by atoms with E-state index in [1.165, 1.54) is 25.5 Å². The highest BCUT2D eigenvalue weighted by molar-refractivity contribution is 6.39. The van der Waals surface area contributed by atoms with Crippen molar-refractivity contribution in [1.82, 2.24) is 5.43 Å². The summed E-state index contributed by atoms with van der Waals surface area (Å²) in [5, 5.41) is 16.8. The van der Waals surface area contributed by atoms with Crippen LogP contribution in [-0.2, 0) is 9.59 Å². The van der Waals surface area contributed by atoms with Crippen LogP contribution >= 0.6 is 0 Å². The second-order valence-electron chi connectivity index (χ2n) is 5.89. The van der Waals surface area contributed by atoms with Gasteiger partial charge >= 0.3 is 11.8 Å². The number of ether oxygens (including phenoxy) is 1. The summed E-state index contributed by atoms with van der Waals surface area (Å²) in [5.74, 6) is -0.541. The van der Waals surface area contributed by atoms with Gasteiger partial charge in [-0.15, -0.1) is 0 Å². The van der Waals surface area contributed by atoms with E-state index in [-0.39, 0.29) is 5.69 Å². The number of hydrogen-bond acceptors (Lipinski definition) is 7. The maximum Gasteiger partial charge on any atom is 0.329 e. The molecule has 2 amide bonds. The van der Waals surface area contributed by atoms with Crippen molar-refractivity contribution in [2.24, 2.45) is 5.10 Å². The highest BCUT2D eigenvalue weighted by Crippen LogP contribution is 2.24. The number of nitrogens with zero attached hydrogens (tertiary/aromatic N) is 2. The van der Waals surface area contributed by atoms with Crippen molar-refractivity contribution in [3.05, 3.63) is 76.5 Å². The number of carbonyl (C=O) groups excluding carboxylic acids is 2. The molecule has 3 aromatic rings. The van der Waals surface area contributed by atoms with E-state index in [0.717, 1.165) is 0 Å². The highest BCUT2D eigenvalue weighted by atomic mass is 16.6. The van der Waals surface area contributed by atoms with E-state index < -0.39 is 16.7 Å². The minimum atomic E-state index is -0.962. The van der Waals surface area contributed by atoms with Gasteiger partial charge in [0.25, 0.3) is 5.69 Å². The second-order valence-corrected chi connectivity index (χ2v) is 5.89. The van der Waals surface area contributed by atoms with Crippen molar-refractivity contribution in [3.63, 3.8) is 0 Å². The molecule has 0 unspecified atom stereocenters. The molecule has 10 heteroatoms. The lowest BCUT2D eigenvalue weighted by molar-refractivity contribution is -0.384. The molecule has 0 radical (unpaired) electrons. The Morgan fingerprint density at radius 2 is 1.87 bits per heavy atom. The standard InChI is InChI=1S/C20H16N4O6/c1-29-16-4-2-3-14(11-16)22-19(25)20(26)23-21-12-17-9-10-18(30-17)13-5-7-15(8-6-13)24(27)28/h2-12H,1H3,(H,22,25)(H,23,26)/b21-12+. The van der Waals surface area contributed by atoms with Crippen molar-refractivity contribution < 1.29 is 23.7 Å². The molecule has 0 aliphatic carbocycles. The summed E-state index contributed by atoms with van der Waals surface area (Å²) >= 11 is 0. The van der Waals surface area contributed by atoms with E-state index in [0.29, 0.717) is 28.5 Å². The molecule has 0 aliphatic heterocycles. The molecule has 0 bridgehead atoms. The predicted molar refractivity (Wildman–Crippen MR) is 108 cm³/mol. The van der Waals surface area contributed by atoms with Gasteiger partial charge in [0, 0.05) is 29.4 Å². The topological polar surface area (TPSA) is 136 Å². The minimum Gasteiger partial charge on any atom is -0.497 e. The summed E-state index contributed by atoms with van der Waals surface area (Å²) in [5.41, 5.74) is 3.12. The number of furan rings is 1. The van der Waals surface area contributed by atoms with Gasteiger partial charge in [-0.2, -0.15) is 5.10 Å². The smallest absolute Gasteiger partial charge is 0.329 e. The summed E-state index contributed by atoms with van der Waals surface area (Å²) < 4.78 is 10.6. The van der Waals surface area contributed by atoms with Crippen LogP contribution in [0, 0.1) is 10.1 Å². The maximum atomic E-state index is 11.9. The zero-order valence-electron chi connectivity index (χ0n) is 15.7. The number of non-ortho nitro benzene ring substituents is 1. The summed E-state index contributed by atoms with van der Waals surface area (Å²) in [6.45, 7) is 0. The molecule has 30 heavy (non-hydrogen) atoms. The molecule has 10 nitrogen and oxygen atoms in total. The van der Waals surface area contributed by atoms with Gasteiger partial charge < -0.3 is 14.5 Å². The van der Waals surface area contributed by atoms with Gasteiger partial charge in [0.15, 0.2) is 0 Å². The lowest BCUT2D eigenvalue weighted by atomic mass is 10.1. The molecule has 0 saturated heterocycles. The Labute approximate surface area is 170 Å². The fourth-order valence-corrected chi connectivity index (χ4v) is 2.42. The number of nitro groups is 1. The van der Waals surface area contributed by atoms with Gasteiger partial charge in [0.2, 0.25) is 0 Å². The average Bonchev–Trinajstić information content (AvgIpc) is 3.22. The number of carbonyl (C=O) groups is 2. The number of rotatable bonds is 6. The summed E-state index contributed by atoms with van der Waals surface area (Å²) in [4.78, 5) is 34.0. The van der Waals surface area contributed by atoms with Crippen molar-refractivity contribution in [1.29, 1.82) is 0 Å². The van der Waals surface area contributed by atoms with Crippen LogP contribution in [-0.4, -0.2) is 30.1 Å². The Morgan fingerprint density at radius 1 is 1.10 bits per heavy atom. The van der Waals surface area contributed by atoms with E-state index >= 15 is 0 Å². The summed E-state index contributed by atoms with van der Waals surface area (Å²) in [6.07, 6.45) is 1.23. The van der Waals surface area contributed by atoms with Crippen molar-refractivity contribution in [2.45, 2.75) is 0 Å². The zero-order valence-corrected chi connectivity index (χ0v) is 15.7. The molecule has 1 heterocycles. The number of nitro benzene ring substituents is 1. The summed E-state index contributed by atoms with van der Waals surface area (Å²) in [6, 6.07) is 15.7. The highest BCUT2D eigenvalue weighted by Gasteiger charge is 2.13. The molecule has 3 rings (SSSR count). The average molecular weight is 408 g/mol. The first kappa shape index (κ1) is 20.3. The molecule has 0 spiro atoms. The molecule has 0 atom stereocenters. The molecule has 0 aliphatic rings. The molecule has 0 saturated carbocycles. The van der Waals surface area contributed by atoms with Crippen LogP contribution in [0.1, 0.15) is 5.76 Å². The fourth-order valence-electron chi connectivity index (χ4n) is 2.42. The number of anilines is 1. The third-order valence-corrected chi connectivity index (χ3v) is 3.88. The first-order valence-electron chi connectivity index (χ1n) is 8.59. The normalized spacial score (nSPS) is 10.6. The Bertz CT molecular complexity index is 1100. The molecule has 0 fully saturated rings. The molecule has 152 valence electrons. The summed E-state index contributed by atoms with van der Waals surface area (Å²) in [7, 11) is 1.49. The molecular weight excluding hydrogens is 392 g/mol. The van der Waals surface area contributed by atoms with Crippen LogP contribution in [0.5, 0.6) is 5.75 Å². The minimum absolute atomic E-state index is 0.0259. The van der Waals surface area contributed by atoms with Gasteiger partial charge in [-0.05, 0) is 36.4 Å². The SMILES string of the molecule is COc1cccc(NC(=O)C(=O)N/N=C/c2ccc(-c3ccc([N+](=O)[O-])cc3)o2)c1. The monoisotopic (exact) mass is 408 g/mol. The van der Waals surface area contributed by atoms with Crippen LogP contribution in [0.25, 0.3) is 11.3 Å². The number of nitrogens with one attached hydrogen (secondary N) is 2. The third kappa shape index (κ3) is 5.07. The number of hydrazone groups is 1. The van der Waals surface area contributed by atoms with Gasteiger partial charge in [-0.3, -0.25) is 19.7 Å². The quantitative estimate of drug-likeness (QED) is 0.278. The fraction of sp³-hybridized carbons (Fsp3) is 0.0500. The van der Waals surface area contributed by atoms with E-state index in [4.69, 9.17) is 9.15 Å². The first-order chi connectivity index (χ1) is 14.5. The first-order valence-corrected chi connectivity index (χ1v) is 8.59. The van der Waals surface area contributed by atoms with Crippen LogP contribution in [0.2, 0.25) is 0 Å². The van der Waals surface area contributed by atoms with E-state index in [2.05, 4.69) is 15.8 Å². The van der Waals surface area contributed by atoms with E-state index in [1.807, 2.05) is 0 Å². The van der Waals surface area contributed by atoms with E-state index in [1.54, 1.807) is 48.5 Å². The Kier molecular flexibility index (Phi) is 6.18. The van der Waals surface area contributed by atoms with Gasteiger partial charge in [-0.25, -0.2) is 5.43 Å². The lowest BCUT2D eigenvalue weighted by Gasteiger charge is -2.05. The second kappa shape index (κ2) is 9.15. The third-order valence-electron chi connectivity index (χ3n) is 3.88. The van der Waals surface area contributed by atoms with Crippen LogP contribution in [0.3, 0.4) is 0 Å². The zero-order chi connectivity index (χ0) is 21.5. The number of benzene rings is 2. The number of hydrogen-bond donors (Lipinski definition) is 2. The maximum absolute atomic E-state index is 11.9. The Morgan fingerprint density at radius 3 is 2.57 bits per heavy atom. The molecular formula is C20H16N4O6. The Hall–Kier alpha value is -4.47. The van der Waals surface area contributed by atoms with Crippen molar-refractivity contribution in [2.75, 3.05) is 12.4 Å². The van der Waals surface area contributed by atoms with E-state index in [9.17, 15) is 19.7 Å². The van der Waals surface area contributed by atoms with Crippen LogP contribution in [0.4, 0.5) is 11.4 Å². The molecule has 2 N–H and O–H groups in total. The largest absolute Gasteiger partial charge is 0.497 e. The van der Waals surface area contributed by atoms with Gasteiger partial charge in [0.1, 0.15) is 17.3 Å². The van der Waals surface area contributed by atoms with Crippen LogP contribution in [0.15, 0.2) is 70.2 Å². The number of amides is 2. The molecule has 1 aromatic heterocycles. The van der Waals surface area contributed by atoms with Crippen molar-refractivity contribution in [3.8, 4) is 17.1 Å².